The Morgan fingerprint density at radius 3 is 2.10 bits per heavy atom. The second kappa shape index (κ2) is 7.82. The highest BCUT2D eigenvalue weighted by molar-refractivity contribution is 5.07. The summed E-state index contributed by atoms with van der Waals surface area (Å²) < 4.78 is 0. The van der Waals surface area contributed by atoms with Crippen molar-refractivity contribution in [3.63, 3.8) is 0 Å². The average Bonchev–Trinajstić information content (AvgIpc) is 2.96. The molecule has 0 radical (unpaired) electrons. The Morgan fingerprint density at radius 1 is 0.900 bits per heavy atom. The van der Waals surface area contributed by atoms with Gasteiger partial charge in [-0.2, -0.15) is 0 Å². The molecule has 2 aliphatic rings. The first-order valence-electron chi connectivity index (χ1n) is 9.46. The van der Waals surface area contributed by atoms with E-state index in [1.54, 1.807) is 0 Å². The molecule has 1 saturated carbocycles. The third-order valence-electron chi connectivity index (χ3n) is 6.09. The number of hydrogen-bond donors (Lipinski definition) is 0. The lowest BCUT2D eigenvalue weighted by atomic mass is 9.95. The normalized spacial score (nSPS) is 32.1. The van der Waals surface area contributed by atoms with Gasteiger partial charge in [0.15, 0.2) is 0 Å². The summed E-state index contributed by atoms with van der Waals surface area (Å²) in [4.78, 5) is 2.84. The second-order valence-corrected chi connectivity index (χ2v) is 7.54. The van der Waals surface area contributed by atoms with Crippen LogP contribution in [0.5, 0.6) is 0 Å². The van der Waals surface area contributed by atoms with Crippen LogP contribution >= 0.6 is 0 Å². The van der Waals surface area contributed by atoms with Gasteiger partial charge in [0.1, 0.15) is 0 Å². The summed E-state index contributed by atoms with van der Waals surface area (Å²) in [6, 6.07) is 0.890. The summed E-state index contributed by atoms with van der Waals surface area (Å²) >= 11 is 0. The van der Waals surface area contributed by atoms with E-state index in [1.165, 1.54) is 64.5 Å². The van der Waals surface area contributed by atoms with Crippen LogP contribution in [0.2, 0.25) is 0 Å². The Hall–Kier alpha value is -0.0400. The largest absolute Gasteiger partial charge is 0.300 e. The molecule has 1 saturated heterocycles. The molecule has 0 spiro atoms. The molecule has 1 aliphatic heterocycles. The molecule has 1 heterocycles. The topological polar surface area (TPSA) is 3.24 Å². The molecule has 1 nitrogen and oxygen atoms in total. The van der Waals surface area contributed by atoms with Crippen molar-refractivity contribution in [3.05, 3.63) is 0 Å². The van der Waals surface area contributed by atoms with E-state index in [-0.39, 0.29) is 0 Å². The highest BCUT2D eigenvalue weighted by atomic mass is 15.2. The van der Waals surface area contributed by atoms with Gasteiger partial charge in [-0.05, 0) is 36.5 Å². The van der Waals surface area contributed by atoms with Crippen LogP contribution in [0.15, 0.2) is 0 Å². The molecule has 20 heavy (non-hydrogen) atoms. The molecular weight excluding hydrogens is 242 g/mol. The molecule has 1 heteroatoms. The van der Waals surface area contributed by atoms with E-state index in [9.17, 15) is 0 Å². The third kappa shape index (κ3) is 3.78. The van der Waals surface area contributed by atoms with Gasteiger partial charge in [0.25, 0.3) is 0 Å². The van der Waals surface area contributed by atoms with Crippen molar-refractivity contribution in [3.8, 4) is 0 Å². The van der Waals surface area contributed by atoms with Gasteiger partial charge in [-0.15, -0.1) is 0 Å². The molecule has 0 aromatic carbocycles. The second-order valence-electron chi connectivity index (χ2n) is 7.54. The van der Waals surface area contributed by atoms with Crippen LogP contribution in [0.25, 0.3) is 0 Å². The molecule has 0 bridgehead atoms. The summed E-state index contributed by atoms with van der Waals surface area (Å²) in [5.41, 5.74) is 0. The van der Waals surface area contributed by atoms with E-state index in [1.807, 2.05) is 0 Å². The van der Waals surface area contributed by atoms with Gasteiger partial charge >= 0.3 is 0 Å². The minimum atomic E-state index is 0.890. The maximum atomic E-state index is 2.84. The summed E-state index contributed by atoms with van der Waals surface area (Å²) in [7, 11) is 0. The van der Waals surface area contributed by atoms with Crippen molar-refractivity contribution in [2.45, 2.75) is 85.1 Å². The van der Waals surface area contributed by atoms with Crippen LogP contribution in [0.1, 0.15) is 79.1 Å². The van der Waals surface area contributed by atoms with Crippen molar-refractivity contribution >= 4 is 0 Å². The summed E-state index contributed by atoms with van der Waals surface area (Å²) in [6.07, 6.45) is 11.3. The molecule has 0 aromatic heterocycles. The number of piperidine rings is 1. The highest BCUT2D eigenvalue weighted by Gasteiger charge is 2.57. The first-order chi connectivity index (χ1) is 9.72. The zero-order chi connectivity index (χ0) is 14.5. The Labute approximate surface area is 127 Å². The minimum Gasteiger partial charge on any atom is -0.300 e. The number of likely N-dealkylation sites (tertiary alicyclic amines) is 1. The fourth-order valence-corrected chi connectivity index (χ4v) is 4.74. The number of nitrogens with zero attached hydrogens (tertiary/aromatic N) is 1. The number of fused-ring (bicyclic) bond motifs is 1. The Bertz CT molecular complexity index is 263. The van der Waals surface area contributed by atoms with Crippen molar-refractivity contribution < 1.29 is 0 Å². The third-order valence-corrected chi connectivity index (χ3v) is 6.09. The van der Waals surface area contributed by atoms with Crippen LogP contribution in [-0.2, 0) is 0 Å². The van der Waals surface area contributed by atoms with E-state index in [0.29, 0.717) is 0 Å². The molecule has 2 fully saturated rings. The first-order valence-corrected chi connectivity index (χ1v) is 9.46. The Balaban J connectivity index is 1.70. The maximum absolute atomic E-state index is 2.84. The fraction of sp³-hybridized carbons (Fsp3) is 1.00. The SMILES string of the molecule is CCCCCC(CC)N1CC2C(C1)C2C(C)CCCC. The lowest BCUT2D eigenvalue weighted by Gasteiger charge is -2.30. The van der Waals surface area contributed by atoms with Gasteiger partial charge in [0, 0.05) is 19.1 Å². The number of hydrogen-bond acceptors (Lipinski definition) is 1. The highest BCUT2D eigenvalue weighted by Crippen LogP contribution is 2.57. The zero-order valence-corrected chi connectivity index (χ0v) is 14.4. The molecule has 4 atom stereocenters. The zero-order valence-electron chi connectivity index (χ0n) is 14.4. The van der Waals surface area contributed by atoms with Crippen molar-refractivity contribution in [1.82, 2.24) is 4.90 Å². The summed E-state index contributed by atoms with van der Waals surface area (Å²) in [5, 5.41) is 0. The Kier molecular flexibility index (Phi) is 6.39. The molecule has 2 rings (SSSR count). The molecule has 0 amide bonds. The molecule has 4 unspecified atom stereocenters. The smallest absolute Gasteiger partial charge is 0.00928 e. The predicted octanol–water partition coefficient (Wildman–Crippen LogP) is 5.35. The van der Waals surface area contributed by atoms with Gasteiger partial charge in [-0.3, -0.25) is 4.90 Å². The predicted molar refractivity (Wildman–Crippen MR) is 89.0 cm³/mol. The summed E-state index contributed by atoms with van der Waals surface area (Å²) in [5.74, 6) is 4.22. The molecule has 0 aromatic rings. The van der Waals surface area contributed by atoms with Crippen molar-refractivity contribution in [2.75, 3.05) is 13.1 Å². The lowest BCUT2D eigenvalue weighted by Crippen LogP contribution is -2.35. The molecule has 0 N–H and O–H groups in total. The van der Waals surface area contributed by atoms with Crippen LogP contribution in [0.3, 0.4) is 0 Å². The van der Waals surface area contributed by atoms with E-state index in [0.717, 1.165) is 29.7 Å². The first kappa shape index (κ1) is 16.3. The monoisotopic (exact) mass is 279 g/mol. The Morgan fingerprint density at radius 2 is 1.55 bits per heavy atom. The fourth-order valence-electron chi connectivity index (χ4n) is 4.74. The van der Waals surface area contributed by atoms with Gasteiger partial charge in [0.2, 0.25) is 0 Å². The van der Waals surface area contributed by atoms with E-state index in [2.05, 4.69) is 32.6 Å². The van der Waals surface area contributed by atoms with E-state index in [4.69, 9.17) is 0 Å². The molecule has 118 valence electrons. The molecular formula is C19H37N. The standard InChI is InChI=1S/C19H37N/c1-5-8-10-12-16(7-3)20-13-17-18(14-20)19(17)15(4)11-9-6-2/h15-19H,5-14H2,1-4H3. The van der Waals surface area contributed by atoms with Gasteiger partial charge in [-0.25, -0.2) is 0 Å². The van der Waals surface area contributed by atoms with Gasteiger partial charge in [-0.1, -0.05) is 66.2 Å². The lowest BCUT2D eigenvalue weighted by molar-refractivity contribution is 0.178. The quantitative estimate of drug-likeness (QED) is 0.487. The van der Waals surface area contributed by atoms with E-state index >= 15 is 0 Å². The van der Waals surface area contributed by atoms with Crippen LogP contribution < -0.4 is 0 Å². The van der Waals surface area contributed by atoms with E-state index < -0.39 is 0 Å². The van der Waals surface area contributed by atoms with Crippen molar-refractivity contribution in [1.29, 1.82) is 0 Å². The maximum Gasteiger partial charge on any atom is 0.00928 e. The average molecular weight is 280 g/mol. The number of unbranched alkanes of at least 4 members (excludes halogenated alkanes) is 3. The van der Waals surface area contributed by atoms with Crippen LogP contribution in [-0.4, -0.2) is 24.0 Å². The van der Waals surface area contributed by atoms with Crippen LogP contribution in [0.4, 0.5) is 0 Å². The minimum absolute atomic E-state index is 0.890. The van der Waals surface area contributed by atoms with Crippen LogP contribution in [0, 0.1) is 23.7 Å². The van der Waals surface area contributed by atoms with Gasteiger partial charge in [0.05, 0.1) is 0 Å². The summed E-state index contributed by atoms with van der Waals surface area (Å²) in [6.45, 7) is 12.4. The number of rotatable bonds is 10. The van der Waals surface area contributed by atoms with Gasteiger partial charge < -0.3 is 0 Å². The van der Waals surface area contributed by atoms with Crippen molar-refractivity contribution in [2.24, 2.45) is 23.7 Å². The molecule has 1 aliphatic carbocycles.